The summed E-state index contributed by atoms with van der Waals surface area (Å²) in [5.74, 6) is 1.92. The van der Waals surface area contributed by atoms with Crippen LogP contribution in [0.2, 0.25) is 0 Å². The van der Waals surface area contributed by atoms with Crippen LogP contribution in [0.25, 0.3) is 67.3 Å². The number of fused-ring (bicyclic) bond motifs is 10. The number of hydrogen-bond donors (Lipinski definition) is 0. The Labute approximate surface area is 317 Å². The molecule has 0 amide bonds. The molecule has 0 unspecified atom stereocenters. The molecule has 2 aromatic heterocycles. The molecule has 1 spiro atoms. The number of hydrogen-bond acceptors (Lipinski definition) is 5. The third-order valence-electron chi connectivity index (χ3n) is 10.9. The van der Waals surface area contributed by atoms with Crippen molar-refractivity contribution in [3.8, 4) is 56.4 Å². The van der Waals surface area contributed by atoms with E-state index in [0.29, 0.717) is 17.5 Å². The topological polar surface area (TPSA) is 51.6 Å². The smallest absolute Gasteiger partial charge is 0.164 e. The molecule has 2 aliphatic rings. The Bertz CT molecular complexity index is 2810. The highest BCUT2D eigenvalue weighted by atomic mass is 32.2. The first kappa shape index (κ1) is 30.9. The van der Waals surface area contributed by atoms with Crippen LogP contribution in [0.5, 0.6) is 0 Å². The zero-order chi connectivity index (χ0) is 35.6. The fraction of sp³-hybridized carbons (Fsp3) is 0.0204. The summed E-state index contributed by atoms with van der Waals surface area (Å²) in [6.45, 7) is 0. The summed E-state index contributed by atoms with van der Waals surface area (Å²) in [5, 5.41) is 1.11. The summed E-state index contributed by atoms with van der Waals surface area (Å²) in [5.41, 5.74) is 12.8. The number of aromatic nitrogens is 4. The van der Waals surface area contributed by atoms with Crippen LogP contribution in [0.1, 0.15) is 22.3 Å². The zero-order valence-corrected chi connectivity index (χ0v) is 29.8. The van der Waals surface area contributed by atoms with E-state index in [1.54, 1.807) is 0 Å². The monoisotopic (exact) mass is 706 g/mol. The van der Waals surface area contributed by atoms with E-state index in [1.807, 2.05) is 60.4 Å². The first-order valence-electron chi connectivity index (χ1n) is 18.1. The van der Waals surface area contributed by atoms with E-state index in [9.17, 15) is 0 Å². The molecule has 0 bridgehead atoms. The maximum Gasteiger partial charge on any atom is 0.164 e. The van der Waals surface area contributed by atoms with Gasteiger partial charge >= 0.3 is 0 Å². The van der Waals surface area contributed by atoms with Crippen LogP contribution < -0.4 is 0 Å². The lowest BCUT2D eigenvalue weighted by Crippen LogP contribution is -2.31. The van der Waals surface area contributed by atoms with Crippen LogP contribution in [0.4, 0.5) is 0 Å². The van der Waals surface area contributed by atoms with Crippen molar-refractivity contribution in [1.82, 2.24) is 19.9 Å². The van der Waals surface area contributed by atoms with Crippen molar-refractivity contribution >= 4 is 22.7 Å². The average Bonchev–Trinajstić information content (AvgIpc) is 3.55. The van der Waals surface area contributed by atoms with Gasteiger partial charge in [0.2, 0.25) is 0 Å². The van der Waals surface area contributed by atoms with Crippen molar-refractivity contribution in [1.29, 1.82) is 0 Å². The molecule has 1 aliphatic carbocycles. The van der Waals surface area contributed by atoms with Gasteiger partial charge in [-0.15, -0.1) is 0 Å². The summed E-state index contributed by atoms with van der Waals surface area (Å²) < 4.78 is 0. The summed E-state index contributed by atoms with van der Waals surface area (Å²) in [4.78, 5) is 23.1. The van der Waals surface area contributed by atoms with E-state index in [-0.39, 0.29) is 0 Å². The Balaban J connectivity index is 1.29. The van der Waals surface area contributed by atoms with Crippen LogP contribution in [0.15, 0.2) is 192 Å². The number of benzene rings is 7. The average molecular weight is 707 g/mol. The first-order chi connectivity index (χ1) is 26.8. The van der Waals surface area contributed by atoms with Crippen LogP contribution >= 0.6 is 11.8 Å². The molecule has 0 radical (unpaired) electrons. The minimum atomic E-state index is -0.579. The van der Waals surface area contributed by atoms with Crippen molar-refractivity contribution in [3.63, 3.8) is 0 Å². The van der Waals surface area contributed by atoms with Gasteiger partial charge < -0.3 is 0 Å². The van der Waals surface area contributed by atoms with Gasteiger partial charge in [-0.1, -0.05) is 169 Å². The van der Waals surface area contributed by atoms with Gasteiger partial charge in [-0.25, -0.2) is 15.0 Å². The SMILES string of the molecule is c1ccc(-c2nc(-c3ccccc3)nc(-c3cccc4c3-c3c(-c5cccc6cccnc56)cccc3C43c4ccccc4Sc4ccccc43)n2)cc1. The molecule has 5 heteroatoms. The second kappa shape index (κ2) is 12.2. The summed E-state index contributed by atoms with van der Waals surface area (Å²) in [6, 6.07) is 62.4. The molecule has 0 atom stereocenters. The van der Waals surface area contributed by atoms with Crippen molar-refractivity contribution in [2.45, 2.75) is 15.2 Å². The summed E-state index contributed by atoms with van der Waals surface area (Å²) in [6.07, 6.45) is 1.89. The van der Waals surface area contributed by atoms with E-state index >= 15 is 0 Å². The number of rotatable bonds is 4. The minimum absolute atomic E-state index is 0.579. The Hall–Kier alpha value is -6.69. The molecular weight excluding hydrogens is 677 g/mol. The molecule has 0 saturated carbocycles. The van der Waals surface area contributed by atoms with Gasteiger partial charge in [0.1, 0.15) is 0 Å². The van der Waals surface area contributed by atoms with Gasteiger partial charge in [-0.2, -0.15) is 0 Å². The second-order valence-corrected chi connectivity index (χ2v) is 14.8. The van der Waals surface area contributed by atoms with E-state index < -0.39 is 5.41 Å². The number of pyridine rings is 1. The predicted octanol–water partition coefficient (Wildman–Crippen LogP) is 11.9. The normalized spacial score (nSPS) is 13.3. The van der Waals surface area contributed by atoms with Gasteiger partial charge in [0, 0.05) is 43.6 Å². The van der Waals surface area contributed by atoms with Gasteiger partial charge in [0.05, 0.1) is 10.9 Å². The fourth-order valence-electron chi connectivity index (χ4n) is 8.65. The minimum Gasteiger partial charge on any atom is -0.256 e. The lowest BCUT2D eigenvalue weighted by molar-refractivity contribution is 0.722. The molecule has 7 aromatic carbocycles. The van der Waals surface area contributed by atoms with Crippen molar-refractivity contribution < 1.29 is 0 Å². The molecule has 9 aromatic rings. The van der Waals surface area contributed by atoms with Crippen LogP contribution in [-0.4, -0.2) is 19.9 Å². The van der Waals surface area contributed by atoms with Gasteiger partial charge in [-0.3, -0.25) is 4.98 Å². The van der Waals surface area contributed by atoms with Crippen LogP contribution in [0.3, 0.4) is 0 Å². The van der Waals surface area contributed by atoms with Crippen molar-refractivity contribution in [2.75, 3.05) is 0 Å². The van der Waals surface area contributed by atoms with E-state index in [0.717, 1.165) is 44.3 Å². The molecule has 11 rings (SSSR count). The zero-order valence-electron chi connectivity index (χ0n) is 29.0. The van der Waals surface area contributed by atoms with E-state index in [1.165, 1.54) is 37.6 Å². The molecule has 0 N–H and O–H groups in total. The standard InChI is InChI=1S/C49H30N4S/c1-3-15-32(16-4-1)46-51-47(33-17-5-2-6-18-33)53-48(52-46)36-23-13-27-40-44(36)43-34(35-22-11-19-31-20-14-30-50-45(31)35)21-12-26-39(43)49(40)37-24-7-9-28-41(37)54-42-29-10-8-25-38(42)49/h1-30H. The predicted molar refractivity (Wildman–Crippen MR) is 218 cm³/mol. The molecule has 252 valence electrons. The maximum absolute atomic E-state index is 5.29. The van der Waals surface area contributed by atoms with Crippen molar-refractivity contribution in [3.05, 3.63) is 204 Å². The van der Waals surface area contributed by atoms with Gasteiger partial charge in [0.25, 0.3) is 0 Å². The lowest BCUT2D eigenvalue weighted by atomic mass is 9.67. The molecular formula is C49H30N4S. The molecule has 0 saturated heterocycles. The maximum atomic E-state index is 5.29. The quantitative estimate of drug-likeness (QED) is 0.182. The molecule has 4 nitrogen and oxygen atoms in total. The molecule has 54 heavy (non-hydrogen) atoms. The molecule has 1 aliphatic heterocycles. The van der Waals surface area contributed by atoms with Crippen LogP contribution in [0, 0.1) is 0 Å². The molecule has 3 heterocycles. The third-order valence-corrected chi connectivity index (χ3v) is 12.0. The van der Waals surface area contributed by atoms with Crippen LogP contribution in [-0.2, 0) is 5.41 Å². The second-order valence-electron chi connectivity index (χ2n) is 13.7. The summed E-state index contributed by atoms with van der Waals surface area (Å²) >= 11 is 1.85. The van der Waals surface area contributed by atoms with Gasteiger partial charge in [0.15, 0.2) is 17.5 Å². The summed E-state index contributed by atoms with van der Waals surface area (Å²) in [7, 11) is 0. The highest BCUT2D eigenvalue weighted by Gasteiger charge is 2.51. The number of nitrogens with zero attached hydrogens (tertiary/aromatic N) is 4. The Kier molecular flexibility index (Phi) is 6.97. The van der Waals surface area contributed by atoms with E-state index in [2.05, 4.69) is 133 Å². The first-order valence-corrected chi connectivity index (χ1v) is 19.0. The molecule has 0 fully saturated rings. The highest BCUT2D eigenvalue weighted by molar-refractivity contribution is 7.99. The fourth-order valence-corrected chi connectivity index (χ4v) is 9.84. The Morgan fingerprint density at radius 2 is 0.852 bits per heavy atom. The third kappa shape index (κ3) is 4.52. The largest absolute Gasteiger partial charge is 0.256 e. The Morgan fingerprint density at radius 1 is 0.370 bits per heavy atom. The lowest BCUT2D eigenvalue weighted by Gasteiger charge is -2.39. The van der Waals surface area contributed by atoms with E-state index in [4.69, 9.17) is 19.9 Å². The number of para-hydroxylation sites is 1. The Morgan fingerprint density at radius 3 is 1.50 bits per heavy atom. The van der Waals surface area contributed by atoms with Crippen molar-refractivity contribution in [2.24, 2.45) is 0 Å². The highest BCUT2D eigenvalue weighted by Crippen LogP contribution is 2.64. The van der Waals surface area contributed by atoms with Gasteiger partial charge in [-0.05, 0) is 57.1 Å².